The molecule has 9 heteroatoms. The first-order valence-corrected chi connectivity index (χ1v) is 13.1. The quantitative estimate of drug-likeness (QED) is 0.157. The molecule has 7 atom stereocenters. The fraction of sp³-hybridized carbons (Fsp3) is 0.852. The molecule has 9 nitrogen and oxygen atoms in total. The smallest absolute Gasteiger partial charge is 0.159 e. The van der Waals surface area contributed by atoms with Gasteiger partial charge in [-0.05, 0) is 45.2 Å². The van der Waals surface area contributed by atoms with Crippen LogP contribution >= 0.6 is 0 Å². The third kappa shape index (κ3) is 8.67. The zero-order chi connectivity index (χ0) is 28.5. The van der Waals surface area contributed by atoms with Crippen LogP contribution in [0.25, 0.3) is 0 Å². The molecule has 0 aliphatic rings. The van der Waals surface area contributed by atoms with Gasteiger partial charge in [0.25, 0.3) is 0 Å². The Kier molecular flexibility index (Phi) is 14.7. The summed E-state index contributed by atoms with van der Waals surface area (Å²) in [5, 5.41) is 39.2. The Morgan fingerprint density at radius 1 is 0.778 bits per heavy atom. The van der Waals surface area contributed by atoms with Crippen molar-refractivity contribution in [3.8, 4) is 0 Å². The van der Waals surface area contributed by atoms with Gasteiger partial charge in [0.15, 0.2) is 17.3 Å². The summed E-state index contributed by atoms with van der Waals surface area (Å²) in [4.78, 5) is 40.0. The molecular weight excluding hydrogens is 462 g/mol. The molecule has 0 aromatic rings. The fourth-order valence-corrected chi connectivity index (χ4v) is 5.04. The van der Waals surface area contributed by atoms with Crippen LogP contribution in [0.2, 0.25) is 0 Å². The maximum absolute atomic E-state index is 14.1. The lowest BCUT2D eigenvalue weighted by atomic mass is 9.60. The number of carbonyl (C=O) groups is 3. The van der Waals surface area contributed by atoms with Gasteiger partial charge in [-0.25, -0.2) is 0 Å². The van der Waals surface area contributed by atoms with Crippen molar-refractivity contribution in [2.24, 2.45) is 28.9 Å². The van der Waals surface area contributed by atoms with Crippen LogP contribution in [0, 0.1) is 29.1 Å². The van der Waals surface area contributed by atoms with Crippen molar-refractivity contribution in [3.05, 3.63) is 5.92 Å². The molecule has 0 heterocycles. The van der Waals surface area contributed by atoms with Crippen LogP contribution in [-0.2, 0) is 14.4 Å². The fourth-order valence-electron chi connectivity index (χ4n) is 5.04. The normalized spacial score (nSPS) is 19.2. The van der Waals surface area contributed by atoms with Crippen LogP contribution in [0.15, 0.2) is 0 Å². The van der Waals surface area contributed by atoms with E-state index in [1.165, 1.54) is 13.8 Å². The molecular formula is C27H52N3O6. The van der Waals surface area contributed by atoms with Crippen molar-refractivity contribution >= 4 is 17.3 Å². The van der Waals surface area contributed by atoms with Crippen LogP contribution in [0.5, 0.6) is 0 Å². The summed E-state index contributed by atoms with van der Waals surface area (Å²) in [5.74, 6) is -1.32. The Labute approximate surface area is 218 Å². The second-order valence-corrected chi connectivity index (χ2v) is 11.2. The number of hydrogen-bond donors (Lipinski definition) is 6. The van der Waals surface area contributed by atoms with Crippen molar-refractivity contribution in [1.82, 2.24) is 10.6 Å². The van der Waals surface area contributed by atoms with E-state index in [0.29, 0.717) is 0 Å². The first kappa shape index (κ1) is 34.8. The van der Waals surface area contributed by atoms with Gasteiger partial charge in [0.05, 0.1) is 41.9 Å². The highest BCUT2D eigenvalue weighted by Crippen LogP contribution is 2.45. The molecule has 211 valence electrons. The Morgan fingerprint density at radius 3 is 1.61 bits per heavy atom. The standard InChI is InChI=1S/C27H52N3O6/c1-14(2)23(28)20(33)11-19(32)18(8)27(13-17(7)31,26(36)25(30-10)16(5)6)22(35)12-21(34)24(29-9)15(3)4/h14-17,19,22-25,29-32,35H,11-13,28H2,1-10H3/t17?,19?,22?,23-,24-,25-,27?/m0/s1. The van der Waals surface area contributed by atoms with E-state index in [2.05, 4.69) is 10.6 Å². The number of ketones is 3. The number of carbonyl (C=O) groups excluding carboxylic acids is 3. The molecule has 36 heavy (non-hydrogen) atoms. The van der Waals surface area contributed by atoms with E-state index in [4.69, 9.17) is 5.73 Å². The molecule has 0 aliphatic heterocycles. The van der Waals surface area contributed by atoms with Gasteiger partial charge in [-0.15, -0.1) is 0 Å². The van der Waals surface area contributed by atoms with E-state index in [1.54, 1.807) is 27.9 Å². The van der Waals surface area contributed by atoms with E-state index < -0.39 is 47.6 Å². The van der Waals surface area contributed by atoms with Gasteiger partial charge >= 0.3 is 0 Å². The van der Waals surface area contributed by atoms with E-state index in [9.17, 15) is 29.7 Å². The molecule has 0 spiro atoms. The van der Waals surface area contributed by atoms with Gasteiger partial charge in [-0.2, -0.15) is 0 Å². The molecule has 0 saturated carbocycles. The maximum atomic E-state index is 14.1. The summed E-state index contributed by atoms with van der Waals surface area (Å²) < 4.78 is 0. The highest BCUT2D eigenvalue weighted by molar-refractivity contribution is 5.94. The van der Waals surface area contributed by atoms with Crippen molar-refractivity contribution in [1.29, 1.82) is 0 Å². The molecule has 0 saturated heterocycles. The maximum Gasteiger partial charge on any atom is 0.159 e. The highest BCUT2D eigenvalue weighted by atomic mass is 16.3. The second kappa shape index (κ2) is 15.2. The minimum atomic E-state index is -1.78. The van der Waals surface area contributed by atoms with Gasteiger partial charge in [0.1, 0.15) is 0 Å². The third-order valence-electron chi connectivity index (χ3n) is 7.29. The third-order valence-corrected chi connectivity index (χ3v) is 7.29. The largest absolute Gasteiger partial charge is 0.393 e. The number of aliphatic hydroxyl groups excluding tert-OH is 3. The van der Waals surface area contributed by atoms with Crippen molar-refractivity contribution < 1.29 is 29.7 Å². The van der Waals surface area contributed by atoms with Crippen molar-refractivity contribution in [2.45, 2.75) is 111 Å². The molecule has 1 radical (unpaired) electrons. The van der Waals surface area contributed by atoms with Gasteiger partial charge < -0.3 is 31.7 Å². The Bertz CT molecular complexity index is 712. The van der Waals surface area contributed by atoms with E-state index in [0.717, 1.165) is 0 Å². The average Bonchev–Trinajstić information content (AvgIpc) is 2.75. The first-order chi connectivity index (χ1) is 16.5. The topological polar surface area (TPSA) is 162 Å². The summed E-state index contributed by atoms with van der Waals surface area (Å²) in [5.41, 5.74) is 4.20. The van der Waals surface area contributed by atoms with Crippen LogP contribution < -0.4 is 16.4 Å². The number of Topliss-reactive ketones (excluding diaryl/α,β-unsaturated/α-hetero) is 3. The minimum absolute atomic E-state index is 0.0527. The molecule has 4 unspecified atom stereocenters. The average molecular weight is 515 g/mol. The van der Waals surface area contributed by atoms with Crippen LogP contribution in [0.1, 0.15) is 74.7 Å². The molecule has 0 aromatic carbocycles. The number of nitrogens with one attached hydrogen (secondary N) is 2. The summed E-state index contributed by atoms with van der Waals surface area (Å²) in [6.07, 6.45) is -4.88. The van der Waals surface area contributed by atoms with Gasteiger partial charge in [-0.3, -0.25) is 14.4 Å². The van der Waals surface area contributed by atoms with Crippen LogP contribution in [0.3, 0.4) is 0 Å². The predicted octanol–water partition coefficient (Wildman–Crippen LogP) is 1.02. The summed E-state index contributed by atoms with van der Waals surface area (Å²) >= 11 is 0. The second-order valence-electron chi connectivity index (χ2n) is 11.2. The van der Waals surface area contributed by atoms with Gasteiger partial charge in [0.2, 0.25) is 0 Å². The number of aliphatic hydroxyl groups is 3. The molecule has 0 aromatic heterocycles. The SMILES string of the molecule is CN[C@H](C(=O)CC(O)C(CC(C)O)([C](C)C(O)CC(=O)[C@@H](N)C(C)C)C(=O)[C@@H](NC)C(C)C)C(C)C. The number of likely N-dealkylation sites (N-methyl/N-ethyl adjacent to an activating group) is 2. The first-order valence-electron chi connectivity index (χ1n) is 13.1. The van der Waals surface area contributed by atoms with Gasteiger partial charge in [0, 0.05) is 18.8 Å². The zero-order valence-electron chi connectivity index (χ0n) is 24.0. The van der Waals surface area contributed by atoms with Crippen molar-refractivity contribution in [2.75, 3.05) is 14.1 Å². The minimum Gasteiger partial charge on any atom is -0.393 e. The van der Waals surface area contributed by atoms with Crippen molar-refractivity contribution in [3.63, 3.8) is 0 Å². The molecule has 7 N–H and O–H groups in total. The summed E-state index contributed by atoms with van der Waals surface area (Å²) in [6, 6.07) is -2.06. The Hall–Kier alpha value is -1.23. The molecule has 0 bridgehead atoms. The number of hydrogen-bond acceptors (Lipinski definition) is 9. The molecule has 0 fully saturated rings. The van der Waals surface area contributed by atoms with Crippen LogP contribution in [-0.4, -0.2) is 83.2 Å². The Morgan fingerprint density at radius 2 is 1.25 bits per heavy atom. The van der Waals surface area contributed by atoms with E-state index in [-0.39, 0.29) is 54.5 Å². The zero-order valence-corrected chi connectivity index (χ0v) is 24.0. The number of rotatable bonds is 18. The lowest BCUT2D eigenvalue weighted by Crippen LogP contribution is -2.59. The molecule has 0 rings (SSSR count). The summed E-state index contributed by atoms with van der Waals surface area (Å²) in [7, 11) is 3.28. The lowest BCUT2D eigenvalue weighted by Gasteiger charge is -2.46. The monoisotopic (exact) mass is 514 g/mol. The van der Waals surface area contributed by atoms with Gasteiger partial charge in [-0.1, -0.05) is 48.5 Å². The van der Waals surface area contributed by atoms with E-state index in [1.807, 2.05) is 27.7 Å². The summed E-state index contributed by atoms with van der Waals surface area (Å²) in [6.45, 7) is 14.0. The molecule has 0 amide bonds. The van der Waals surface area contributed by atoms with E-state index >= 15 is 0 Å². The Balaban J connectivity index is 6.68. The highest BCUT2D eigenvalue weighted by Gasteiger charge is 2.55. The van der Waals surface area contributed by atoms with Crippen LogP contribution in [0.4, 0.5) is 0 Å². The number of nitrogens with two attached hydrogens (primary N) is 1. The molecule has 0 aliphatic carbocycles. The lowest BCUT2D eigenvalue weighted by molar-refractivity contribution is -0.145. The predicted molar refractivity (Wildman–Crippen MR) is 142 cm³/mol.